The Balaban J connectivity index is 2.03. The number of amides is 1. The van der Waals surface area contributed by atoms with Crippen molar-refractivity contribution in [2.75, 3.05) is 26.2 Å². The zero-order valence-corrected chi connectivity index (χ0v) is 7.36. The minimum Gasteiger partial charge on any atom is -0.366 e. The van der Waals surface area contributed by atoms with E-state index >= 15 is 0 Å². The molecule has 0 radical (unpaired) electrons. The summed E-state index contributed by atoms with van der Waals surface area (Å²) in [5.41, 5.74) is 0. The molecule has 0 bridgehead atoms. The predicted octanol–water partition coefficient (Wildman–Crippen LogP) is -0.347. The average molecular weight is 212 g/mol. The molecule has 1 aliphatic heterocycles. The van der Waals surface area contributed by atoms with Crippen molar-refractivity contribution >= 4 is 5.91 Å². The highest BCUT2D eigenvalue weighted by Crippen LogP contribution is 2.11. The minimum atomic E-state index is -4.37. The molecule has 0 aromatic heterocycles. The standard InChI is InChI=1S/C7H11F3N2O2/c8-7(9,10)4-12-6(13)3-14-5-1-11-2-5/h5,11H,1-4H2,(H,12,13). The molecule has 0 atom stereocenters. The third-order valence-electron chi connectivity index (χ3n) is 1.68. The molecule has 0 spiro atoms. The van der Waals surface area contributed by atoms with Gasteiger partial charge < -0.3 is 15.4 Å². The van der Waals surface area contributed by atoms with Crippen molar-refractivity contribution in [3.05, 3.63) is 0 Å². The van der Waals surface area contributed by atoms with Gasteiger partial charge in [-0.15, -0.1) is 0 Å². The maximum atomic E-state index is 11.6. The molecule has 1 amide bonds. The highest BCUT2D eigenvalue weighted by atomic mass is 19.4. The third-order valence-corrected chi connectivity index (χ3v) is 1.68. The van der Waals surface area contributed by atoms with Crippen molar-refractivity contribution in [1.82, 2.24) is 10.6 Å². The molecule has 1 heterocycles. The van der Waals surface area contributed by atoms with E-state index in [0.29, 0.717) is 13.1 Å². The van der Waals surface area contributed by atoms with Gasteiger partial charge in [-0.25, -0.2) is 0 Å². The molecule has 0 aliphatic carbocycles. The molecule has 82 valence electrons. The summed E-state index contributed by atoms with van der Waals surface area (Å²) in [5, 5.41) is 4.62. The number of rotatable bonds is 4. The first-order valence-corrected chi connectivity index (χ1v) is 4.13. The number of nitrogens with one attached hydrogen (secondary N) is 2. The highest BCUT2D eigenvalue weighted by molar-refractivity contribution is 5.77. The monoisotopic (exact) mass is 212 g/mol. The molecule has 2 N–H and O–H groups in total. The first-order valence-electron chi connectivity index (χ1n) is 4.13. The van der Waals surface area contributed by atoms with E-state index in [0.717, 1.165) is 0 Å². The Hall–Kier alpha value is -0.820. The van der Waals surface area contributed by atoms with Gasteiger partial charge in [-0.2, -0.15) is 13.2 Å². The number of carbonyl (C=O) groups is 1. The summed E-state index contributed by atoms with van der Waals surface area (Å²) in [7, 11) is 0. The second-order valence-corrected chi connectivity index (χ2v) is 2.98. The van der Waals surface area contributed by atoms with E-state index in [1.165, 1.54) is 0 Å². The van der Waals surface area contributed by atoms with Gasteiger partial charge in [0.15, 0.2) is 0 Å². The van der Waals surface area contributed by atoms with Crippen LogP contribution in [0.4, 0.5) is 13.2 Å². The predicted molar refractivity (Wildman–Crippen MR) is 41.7 cm³/mol. The van der Waals surface area contributed by atoms with Crippen LogP contribution in [0.25, 0.3) is 0 Å². The summed E-state index contributed by atoms with van der Waals surface area (Å²) in [6, 6.07) is 0. The van der Waals surface area contributed by atoms with Gasteiger partial charge in [0, 0.05) is 13.1 Å². The summed E-state index contributed by atoms with van der Waals surface area (Å²) in [6.45, 7) is -0.334. The summed E-state index contributed by atoms with van der Waals surface area (Å²) in [4.78, 5) is 10.8. The molecule has 1 fully saturated rings. The van der Waals surface area contributed by atoms with Crippen LogP contribution in [0.2, 0.25) is 0 Å². The molecule has 1 rings (SSSR count). The van der Waals surface area contributed by atoms with Crippen molar-refractivity contribution in [2.45, 2.75) is 12.3 Å². The summed E-state index contributed by atoms with van der Waals surface area (Å²) in [5.74, 6) is -0.741. The lowest BCUT2D eigenvalue weighted by molar-refractivity contribution is -0.142. The fraction of sp³-hybridized carbons (Fsp3) is 0.857. The molecular formula is C7H11F3N2O2. The quantitative estimate of drug-likeness (QED) is 0.670. The van der Waals surface area contributed by atoms with Gasteiger partial charge in [0.2, 0.25) is 5.91 Å². The number of alkyl halides is 3. The van der Waals surface area contributed by atoms with Gasteiger partial charge in [0.25, 0.3) is 0 Å². The molecule has 1 saturated heterocycles. The Morgan fingerprint density at radius 1 is 1.50 bits per heavy atom. The lowest BCUT2D eigenvalue weighted by Crippen LogP contribution is -2.49. The van der Waals surface area contributed by atoms with Gasteiger partial charge >= 0.3 is 6.18 Å². The first kappa shape index (κ1) is 11.3. The average Bonchev–Trinajstić information content (AvgIpc) is 1.96. The lowest BCUT2D eigenvalue weighted by Gasteiger charge is -2.26. The summed E-state index contributed by atoms with van der Waals surface area (Å²) in [6.07, 6.45) is -4.42. The Morgan fingerprint density at radius 3 is 2.57 bits per heavy atom. The van der Waals surface area contributed by atoms with Gasteiger partial charge in [0.05, 0.1) is 6.10 Å². The largest absolute Gasteiger partial charge is 0.405 e. The van der Waals surface area contributed by atoms with Gasteiger partial charge in [0.1, 0.15) is 13.2 Å². The van der Waals surface area contributed by atoms with E-state index in [1.54, 1.807) is 5.32 Å². The second-order valence-electron chi connectivity index (χ2n) is 2.98. The maximum Gasteiger partial charge on any atom is 0.405 e. The number of carbonyl (C=O) groups excluding carboxylic acids is 1. The van der Waals surface area contributed by atoms with Crippen LogP contribution in [0.5, 0.6) is 0 Å². The van der Waals surface area contributed by atoms with E-state index in [2.05, 4.69) is 5.32 Å². The van der Waals surface area contributed by atoms with Crippen LogP contribution >= 0.6 is 0 Å². The van der Waals surface area contributed by atoms with E-state index in [1.807, 2.05) is 0 Å². The molecule has 0 unspecified atom stereocenters. The smallest absolute Gasteiger partial charge is 0.366 e. The van der Waals surface area contributed by atoms with Crippen molar-refractivity contribution in [3.8, 4) is 0 Å². The molecule has 14 heavy (non-hydrogen) atoms. The van der Waals surface area contributed by atoms with Crippen LogP contribution < -0.4 is 10.6 Å². The van der Waals surface area contributed by atoms with Crippen LogP contribution in [-0.4, -0.2) is 44.4 Å². The topological polar surface area (TPSA) is 50.4 Å². The number of hydrogen-bond acceptors (Lipinski definition) is 3. The normalized spacial score (nSPS) is 17.6. The van der Waals surface area contributed by atoms with E-state index < -0.39 is 18.6 Å². The van der Waals surface area contributed by atoms with Crippen molar-refractivity contribution in [2.24, 2.45) is 0 Å². The van der Waals surface area contributed by atoms with Gasteiger partial charge in [-0.3, -0.25) is 4.79 Å². The minimum absolute atomic E-state index is 0.0494. The number of hydrogen-bond donors (Lipinski definition) is 2. The zero-order valence-electron chi connectivity index (χ0n) is 7.36. The number of halogens is 3. The van der Waals surface area contributed by atoms with Crippen molar-refractivity contribution < 1.29 is 22.7 Å². The first-order chi connectivity index (χ1) is 6.47. The lowest BCUT2D eigenvalue weighted by atomic mass is 10.2. The zero-order chi connectivity index (χ0) is 10.6. The Bertz CT molecular complexity index is 204. The van der Waals surface area contributed by atoms with Crippen molar-refractivity contribution in [1.29, 1.82) is 0 Å². The van der Waals surface area contributed by atoms with Crippen LogP contribution in [0, 0.1) is 0 Å². The Morgan fingerprint density at radius 2 is 2.14 bits per heavy atom. The van der Waals surface area contributed by atoms with Crippen LogP contribution in [0.3, 0.4) is 0 Å². The molecular weight excluding hydrogens is 201 g/mol. The molecule has 0 aromatic rings. The van der Waals surface area contributed by atoms with Gasteiger partial charge in [-0.1, -0.05) is 0 Å². The van der Waals surface area contributed by atoms with Crippen LogP contribution in [-0.2, 0) is 9.53 Å². The van der Waals surface area contributed by atoms with Gasteiger partial charge in [-0.05, 0) is 0 Å². The summed E-state index contributed by atoms with van der Waals surface area (Å²) < 4.78 is 39.8. The van der Waals surface area contributed by atoms with E-state index in [-0.39, 0.29) is 12.7 Å². The van der Waals surface area contributed by atoms with E-state index in [9.17, 15) is 18.0 Å². The van der Waals surface area contributed by atoms with Crippen molar-refractivity contribution in [3.63, 3.8) is 0 Å². The van der Waals surface area contributed by atoms with Crippen LogP contribution in [0.1, 0.15) is 0 Å². The summed E-state index contributed by atoms with van der Waals surface area (Å²) >= 11 is 0. The number of ether oxygens (including phenoxy) is 1. The SMILES string of the molecule is O=C(COC1CNC1)NCC(F)(F)F. The molecule has 1 aliphatic rings. The van der Waals surface area contributed by atoms with Crippen LogP contribution in [0.15, 0.2) is 0 Å². The fourth-order valence-electron chi connectivity index (χ4n) is 0.823. The molecule has 0 saturated carbocycles. The third kappa shape index (κ3) is 4.43. The molecule has 7 heteroatoms. The Labute approximate surface area is 78.8 Å². The maximum absolute atomic E-state index is 11.6. The van der Waals surface area contributed by atoms with E-state index in [4.69, 9.17) is 4.74 Å². The second kappa shape index (κ2) is 4.61. The Kier molecular flexibility index (Phi) is 3.70. The fourth-order valence-corrected chi connectivity index (χ4v) is 0.823. The molecule has 4 nitrogen and oxygen atoms in total. The molecule has 0 aromatic carbocycles. The highest BCUT2D eigenvalue weighted by Gasteiger charge is 2.28.